The number of hydrogen-bond acceptors (Lipinski definition) is 5. The Morgan fingerprint density at radius 3 is 2.84 bits per heavy atom. The van der Waals surface area contributed by atoms with Gasteiger partial charge < -0.3 is 15.0 Å². The first-order chi connectivity index (χ1) is 9.13. The molecule has 0 saturated carbocycles. The molecule has 0 aliphatic carbocycles. The van der Waals surface area contributed by atoms with Gasteiger partial charge in [-0.05, 0) is 24.6 Å². The molecule has 102 valence electrons. The number of nitrogens with two attached hydrogens (primary N) is 1. The van der Waals surface area contributed by atoms with E-state index in [0.717, 1.165) is 27.8 Å². The predicted molar refractivity (Wildman–Crippen MR) is 74.8 cm³/mol. The van der Waals surface area contributed by atoms with Crippen molar-refractivity contribution in [1.29, 1.82) is 0 Å². The molecule has 0 spiro atoms. The fraction of sp³-hybridized carbons (Fsp3) is 0.385. The summed E-state index contributed by atoms with van der Waals surface area (Å²) in [4.78, 5) is 4.20. The molecular weight excluding hydrogens is 310 g/mol. The number of nitrogens with zero attached hydrogens (tertiary/aromatic N) is 2. The van der Waals surface area contributed by atoms with Crippen LogP contribution in [0.4, 0.5) is 0 Å². The number of ether oxygens (including phenoxy) is 1. The Hall–Kier alpha value is -1.40. The van der Waals surface area contributed by atoms with Gasteiger partial charge >= 0.3 is 0 Å². The van der Waals surface area contributed by atoms with E-state index in [1.807, 2.05) is 26.0 Å². The van der Waals surface area contributed by atoms with Gasteiger partial charge in [0, 0.05) is 23.0 Å². The molecule has 1 aromatic heterocycles. The van der Waals surface area contributed by atoms with Gasteiger partial charge in [-0.1, -0.05) is 28.0 Å². The van der Waals surface area contributed by atoms with Crippen molar-refractivity contribution in [2.45, 2.75) is 33.4 Å². The lowest BCUT2D eigenvalue weighted by Crippen LogP contribution is -2.05. The van der Waals surface area contributed by atoms with Crippen LogP contribution in [0.25, 0.3) is 0 Å². The van der Waals surface area contributed by atoms with E-state index < -0.39 is 0 Å². The number of hydrogen-bond donors (Lipinski definition) is 1. The molecule has 2 aromatic rings. The van der Waals surface area contributed by atoms with Crippen LogP contribution in [0.2, 0.25) is 0 Å². The normalized spacial score (nSPS) is 10.7. The summed E-state index contributed by atoms with van der Waals surface area (Å²) < 4.78 is 11.8. The van der Waals surface area contributed by atoms with Crippen molar-refractivity contribution in [2.75, 3.05) is 0 Å². The van der Waals surface area contributed by atoms with Crippen LogP contribution in [0.15, 0.2) is 21.1 Å². The highest BCUT2D eigenvalue weighted by molar-refractivity contribution is 9.10. The summed E-state index contributed by atoms with van der Waals surface area (Å²) in [7, 11) is 0. The van der Waals surface area contributed by atoms with Crippen molar-refractivity contribution in [3.05, 3.63) is 39.4 Å². The van der Waals surface area contributed by atoms with E-state index in [1.165, 1.54) is 0 Å². The maximum Gasteiger partial charge on any atom is 0.264 e. The van der Waals surface area contributed by atoms with Gasteiger partial charge in [-0.25, -0.2) is 0 Å². The predicted octanol–water partition coefficient (Wildman–Crippen LogP) is 2.74. The van der Waals surface area contributed by atoms with E-state index in [1.54, 1.807) is 0 Å². The lowest BCUT2D eigenvalue weighted by molar-refractivity contribution is 0.239. The van der Waals surface area contributed by atoms with Gasteiger partial charge in [0.25, 0.3) is 5.89 Å². The molecule has 1 heterocycles. The van der Waals surface area contributed by atoms with Crippen LogP contribution in [0.1, 0.15) is 29.8 Å². The first kappa shape index (κ1) is 14.0. The number of halogens is 1. The van der Waals surface area contributed by atoms with Gasteiger partial charge in [0.1, 0.15) is 5.75 Å². The molecule has 19 heavy (non-hydrogen) atoms. The molecule has 1 aromatic carbocycles. The van der Waals surface area contributed by atoms with Crippen LogP contribution in [0.3, 0.4) is 0 Å². The van der Waals surface area contributed by atoms with Crippen LogP contribution in [0.5, 0.6) is 5.75 Å². The molecule has 0 unspecified atom stereocenters. The maximum atomic E-state index is 5.76. The van der Waals surface area contributed by atoms with Gasteiger partial charge in [-0.2, -0.15) is 4.98 Å². The van der Waals surface area contributed by atoms with Crippen LogP contribution < -0.4 is 10.5 Å². The molecule has 0 bridgehead atoms. The maximum absolute atomic E-state index is 5.76. The van der Waals surface area contributed by atoms with Crippen molar-refractivity contribution in [3.8, 4) is 5.75 Å². The van der Waals surface area contributed by atoms with Crippen molar-refractivity contribution < 1.29 is 9.26 Å². The Kier molecular flexibility index (Phi) is 4.55. The fourth-order valence-corrected chi connectivity index (χ4v) is 2.40. The van der Waals surface area contributed by atoms with Crippen LogP contribution in [-0.4, -0.2) is 10.1 Å². The Balaban J connectivity index is 2.14. The van der Waals surface area contributed by atoms with E-state index in [-0.39, 0.29) is 6.61 Å². The highest BCUT2D eigenvalue weighted by atomic mass is 79.9. The molecule has 0 fully saturated rings. The van der Waals surface area contributed by atoms with Crippen molar-refractivity contribution in [2.24, 2.45) is 5.73 Å². The third kappa shape index (κ3) is 3.33. The number of aryl methyl sites for hydroxylation is 2. The molecule has 0 radical (unpaired) electrons. The van der Waals surface area contributed by atoms with Gasteiger partial charge in [-0.3, -0.25) is 0 Å². The molecule has 0 amide bonds. The molecule has 2 N–H and O–H groups in total. The SMILES string of the molecule is CCc1noc(COc2c(C)cc(Br)cc2CN)n1. The second-order valence-electron chi connectivity index (χ2n) is 4.16. The zero-order valence-corrected chi connectivity index (χ0v) is 12.5. The first-order valence-electron chi connectivity index (χ1n) is 6.07. The number of benzene rings is 1. The molecule has 5 nitrogen and oxygen atoms in total. The number of rotatable bonds is 5. The molecule has 0 aliphatic heterocycles. The summed E-state index contributed by atoms with van der Waals surface area (Å²) in [6.45, 7) is 4.62. The van der Waals surface area contributed by atoms with Gasteiger partial charge in [0.05, 0.1) is 0 Å². The highest BCUT2D eigenvalue weighted by Gasteiger charge is 2.11. The zero-order chi connectivity index (χ0) is 13.8. The Bertz CT molecular complexity index is 569. The van der Waals surface area contributed by atoms with Gasteiger partial charge in [0.15, 0.2) is 12.4 Å². The summed E-state index contributed by atoms with van der Waals surface area (Å²) in [6.07, 6.45) is 0.745. The summed E-state index contributed by atoms with van der Waals surface area (Å²) in [5, 5.41) is 3.83. The molecule has 6 heteroatoms. The van der Waals surface area contributed by atoms with E-state index in [0.29, 0.717) is 18.3 Å². The average molecular weight is 326 g/mol. The van der Waals surface area contributed by atoms with E-state index in [4.69, 9.17) is 15.0 Å². The highest BCUT2D eigenvalue weighted by Crippen LogP contribution is 2.28. The Labute approximate surface area is 120 Å². The zero-order valence-electron chi connectivity index (χ0n) is 10.9. The summed E-state index contributed by atoms with van der Waals surface area (Å²) >= 11 is 3.44. The lowest BCUT2D eigenvalue weighted by Gasteiger charge is -2.12. The topological polar surface area (TPSA) is 74.2 Å². The number of aromatic nitrogens is 2. The largest absolute Gasteiger partial charge is 0.483 e. The molecule has 0 saturated heterocycles. The summed E-state index contributed by atoms with van der Waals surface area (Å²) in [5.74, 6) is 1.94. The minimum Gasteiger partial charge on any atom is -0.483 e. The van der Waals surface area contributed by atoms with Crippen molar-refractivity contribution in [3.63, 3.8) is 0 Å². The smallest absolute Gasteiger partial charge is 0.264 e. The third-order valence-corrected chi connectivity index (χ3v) is 3.16. The minimum absolute atomic E-state index is 0.252. The van der Waals surface area contributed by atoms with E-state index in [2.05, 4.69) is 26.1 Å². The first-order valence-corrected chi connectivity index (χ1v) is 6.86. The quantitative estimate of drug-likeness (QED) is 0.914. The Morgan fingerprint density at radius 2 is 2.21 bits per heavy atom. The molecule has 0 atom stereocenters. The van der Waals surface area contributed by atoms with Gasteiger partial charge in [-0.15, -0.1) is 0 Å². The van der Waals surface area contributed by atoms with Crippen LogP contribution in [0, 0.1) is 6.92 Å². The second-order valence-corrected chi connectivity index (χ2v) is 5.08. The standard InChI is InChI=1S/C13H16BrN3O2/c1-3-11-16-12(19-17-11)7-18-13-8(2)4-10(14)5-9(13)6-15/h4-5H,3,6-7,15H2,1-2H3. The van der Waals surface area contributed by atoms with Crippen LogP contribution >= 0.6 is 15.9 Å². The minimum atomic E-state index is 0.252. The Morgan fingerprint density at radius 1 is 1.42 bits per heavy atom. The van der Waals surface area contributed by atoms with Gasteiger partial charge in [0.2, 0.25) is 0 Å². The van der Waals surface area contributed by atoms with Crippen LogP contribution in [-0.2, 0) is 19.6 Å². The second kappa shape index (κ2) is 6.16. The summed E-state index contributed by atoms with van der Waals surface area (Å²) in [5.41, 5.74) is 7.70. The molecule has 0 aliphatic rings. The monoisotopic (exact) mass is 325 g/mol. The molecular formula is C13H16BrN3O2. The van der Waals surface area contributed by atoms with Crippen molar-refractivity contribution in [1.82, 2.24) is 10.1 Å². The molecule has 2 rings (SSSR count). The van der Waals surface area contributed by atoms with Crippen molar-refractivity contribution >= 4 is 15.9 Å². The average Bonchev–Trinajstić information content (AvgIpc) is 2.84. The lowest BCUT2D eigenvalue weighted by atomic mass is 10.1. The third-order valence-electron chi connectivity index (χ3n) is 2.70. The van der Waals surface area contributed by atoms with E-state index in [9.17, 15) is 0 Å². The fourth-order valence-electron chi connectivity index (χ4n) is 1.78. The summed E-state index contributed by atoms with van der Waals surface area (Å²) in [6, 6.07) is 3.94. The van der Waals surface area contributed by atoms with E-state index >= 15 is 0 Å².